The quantitative estimate of drug-likeness (QED) is 0.739. The molecule has 0 aliphatic rings. The Morgan fingerprint density at radius 3 is 2.18 bits per heavy atom. The van der Waals surface area contributed by atoms with Crippen molar-refractivity contribution in [2.24, 2.45) is 0 Å². The highest BCUT2D eigenvalue weighted by atomic mass is 19.1. The van der Waals surface area contributed by atoms with Crippen molar-refractivity contribution in [3.63, 3.8) is 0 Å². The van der Waals surface area contributed by atoms with Gasteiger partial charge in [0.1, 0.15) is 5.82 Å². The Kier molecular flexibility index (Phi) is 8.47. The lowest BCUT2D eigenvalue weighted by atomic mass is 10.1. The van der Waals surface area contributed by atoms with Crippen LogP contribution in [0.5, 0.6) is 0 Å². The van der Waals surface area contributed by atoms with Crippen LogP contribution in [0.2, 0.25) is 0 Å². The second kappa shape index (κ2) is 9.03. The molecule has 0 atom stereocenters. The molecule has 1 aromatic carbocycles. The van der Waals surface area contributed by atoms with Gasteiger partial charge in [-0.3, -0.25) is 0 Å². The van der Waals surface area contributed by atoms with Crippen LogP contribution in [0.25, 0.3) is 0 Å². The summed E-state index contributed by atoms with van der Waals surface area (Å²) < 4.78 is 13.4. The zero-order valence-electron chi connectivity index (χ0n) is 11.9. The van der Waals surface area contributed by atoms with Gasteiger partial charge in [0.2, 0.25) is 0 Å². The molecular weight excluding hydrogens is 213 g/mol. The van der Waals surface area contributed by atoms with Crippen LogP contribution >= 0.6 is 0 Å². The second-order valence-electron chi connectivity index (χ2n) is 4.27. The number of rotatable bonds is 4. The molecule has 0 unspecified atom stereocenters. The van der Waals surface area contributed by atoms with Gasteiger partial charge in [-0.15, -0.1) is 0 Å². The minimum absolute atomic E-state index is 0.127. The highest BCUT2D eigenvalue weighted by molar-refractivity contribution is 5.49. The fourth-order valence-electron chi connectivity index (χ4n) is 1.53. The molecule has 0 aromatic heterocycles. The zero-order valence-corrected chi connectivity index (χ0v) is 11.9. The van der Waals surface area contributed by atoms with E-state index in [9.17, 15) is 4.39 Å². The number of benzene rings is 1. The summed E-state index contributed by atoms with van der Waals surface area (Å²) in [5, 5.41) is 0. The van der Waals surface area contributed by atoms with Crippen LogP contribution in [-0.2, 0) is 6.42 Å². The molecule has 2 heteroatoms. The first-order valence-electron chi connectivity index (χ1n) is 6.60. The smallest absolute Gasteiger partial charge is 0.146 e. The summed E-state index contributed by atoms with van der Waals surface area (Å²) in [5.74, 6) is -0.127. The Morgan fingerprint density at radius 2 is 1.71 bits per heavy atom. The van der Waals surface area contributed by atoms with E-state index in [1.165, 1.54) is 12.0 Å². The lowest BCUT2D eigenvalue weighted by Gasteiger charge is -2.19. The minimum atomic E-state index is -0.127. The summed E-state index contributed by atoms with van der Waals surface area (Å²) in [6.07, 6.45) is 3.24. The Hall–Kier alpha value is -1.05. The molecular formula is C15H26FN. The highest BCUT2D eigenvalue weighted by Gasteiger charge is 2.06. The van der Waals surface area contributed by atoms with Gasteiger partial charge >= 0.3 is 0 Å². The van der Waals surface area contributed by atoms with Gasteiger partial charge in [0, 0.05) is 13.6 Å². The van der Waals surface area contributed by atoms with E-state index in [0.717, 1.165) is 19.4 Å². The van der Waals surface area contributed by atoms with Crippen LogP contribution in [0, 0.1) is 5.82 Å². The third-order valence-electron chi connectivity index (χ3n) is 2.39. The number of halogens is 1. The number of nitrogens with zero attached hydrogens (tertiary/aromatic N) is 1. The molecule has 0 saturated heterocycles. The van der Waals surface area contributed by atoms with Crippen LogP contribution in [0.1, 0.15) is 46.1 Å². The molecule has 0 aliphatic heterocycles. The molecule has 0 bridgehead atoms. The second-order valence-corrected chi connectivity index (χ2v) is 4.27. The molecule has 17 heavy (non-hydrogen) atoms. The molecule has 0 spiro atoms. The van der Waals surface area contributed by atoms with Crippen molar-refractivity contribution in [1.29, 1.82) is 0 Å². The number of hydrogen-bond acceptors (Lipinski definition) is 1. The summed E-state index contributed by atoms with van der Waals surface area (Å²) in [4.78, 5) is 1.97. The summed E-state index contributed by atoms with van der Waals surface area (Å²) in [5.41, 5.74) is 1.90. The van der Waals surface area contributed by atoms with Crippen molar-refractivity contribution < 1.29 is 4.39 Å². The largest absolute Gasteiger partial charge is 0.372 e. The van der Waals surface area contributed by atoms with Gasteiger partial charge in [0.05, 0.1) is 5.69 Å². The van der Waals surface area contributed by atoms with E-state index in [2.05, 4.69) is 27.7 Å². The van der Waals surface area contributed by atoms with Gasteiger partial charge in [-0.25, -0.2) is 4.39 Å². The summed E-state index contributed by atoms with van der Waals surface area (Å²) >= 11 is 0. The van der Waals surface area contributed by atoms with Crippen molar-refractivity contribution in [2.75, 3.05) is 18.5 Å². The van der Waals surface area contributed by atoms with E-state index in [4.69, 9.17) is 0 Å². The van der Waals surface area contributed by atoms with E-state index in [1.54, 1.807) is 6.07 Å². The predicted octanol–water partition coefficient (Wildman–Crippen LogP) is 4.65. The maximum Gasteiger partial charge on any atom is 0.146 e. The number of aryl methyl sites for hydroxylation is 1. The van der Waals surface area contributed by atoms with E-state index in [0.29, 0.717) is 5.69 Å². The third-order valence-corrected chi connectivity index (χ3v) is 2.39. The van der Waals surface area contributed by atoms with Crippen LogP contribution in [0.4, 0.5) is 10.1 Å². The molecule has 0 aliphatic carbocycles. The molecule has 1 rings (SSSR count). The summed E-state index contributed by atoms with van der Waals surface area (Å²) in [6, 6.07) is 5.34. The van der Waals surface area contributed by atoms with Gasteiger partial charge in [-0.2, -0.15) is 0 Å². The summed E-state index contributed by atoms with van der Waals surface area (Å²) in [7, 11) is 1.93. The van der Waals surface area contributed by atoms with Crippen molar-refractivity contribution in [1.82, 2.24) is 0 Å². The van der Waals surface area contributed by atoms with E-state index >= 15 is 0 Å². The van der Waals surface area contributed by atoms with Crippen LogP contribution in [0.3, 0.4) is 0 Å². The normalized spacial score (nSPS) is 9.53. The third kappa shape index (κ3) is 5.71. The standard InChI is InChI=1S/C12H18FN.C3H8/c1-4-8-14(3)12-9-10(5-2)6-7-11(12)13;1-3-2/h6-7,9H,4-5,8H2,1-3H3;3H2,1-2H3. The molecule has 0 heterocycles. The van der Waals surface area contributed by atoms with Gasteiger partial charge < -0.3 is 4.90 Å². The molecule has 1 aromatic rings. The Morgan fingerprint density at radius 1 is 1.12 bits per heavy atom. The van der Waals surface area contributed by atoms with E-state index in [-0.39, 0.29) is 5.82 Å². The Balaban J connectivity index is 0.000000770. The van der Waals surface area contributed by atoms with Gasteiger partial charge in [-0.05, 0) is 30.5 Å². The van der Waals surface area contributed by atoms with E-state index in [1.807, 2.05) is 24.1 Å². The van der Waals surface area contributed by atoms with Gasteiger partial charge in [0.25, 0.3) is 0 Å². The molecule has 0 radical (unpaired) electrons. The average molecular weight is 239 g/mol. The lowest BCUT2D eigenvalue weighted by Crippen LogP contribution is -2.19. The van der Waals surface area contributed by atoms with Crippen LogP contribution in [0.15, 0.2) is 18.2 Å². The number of hydrogen-bond donors (Lipinski definition) is 0. The fourth-order valence-corrected chi connectivity index (χ4v) is 1.53. The first-order valence-corrected chi connectivity index (χ1v) is 6.60. The van der Waals surface area contributed by atoms with Crippen molar-refractivity contribution >= 4 is 5.69 Å². The predicted molar refractivity (Wildman–Crippen MR) is 75.3 cm³/mol. The molecule has 0 amide bonds. The first-order chi connectivity index (χ1) is 8.10. The monoisotopic (exact) mass is 239 g/mol. The van der Waals surface area contributed by atoms with Crippen molar-refractivity contribution in [3.8, 4) is 0 Å². The molecule has 0 fully saturated rings. The topological polar surface area (TPSA) is 3.24 Å². The van der Waals surface area contributed by atoms with Gasteiger partial charge in [0.15, 0.2) is 0 Å². The summed E-state index contributed by atoms with van der Waals surface area (Å²) in [6.45, 7) is 9.32. The maximum absolute atomic E-state index is 13.4. The van der Waals surface area contributed by atoms with Gasteiger partial charge in [-0.1, -0.05) is 40.2 Å². The minimum Gasteiger partial charge on any atom is -0.372 e. The van der Waals surface area contributed by atoms with E-state index < -0.39 is 0 Å². The number of anilines is 1. The molecule has 0 N–H and O–H groups in total. The van der Waals surface area contributed by atoms with Crippen molar-refractivity contribution in [2.45, 2.75) is 47.0 Å². The van der Waals surface area contributed by atoms with Crippen LogP contribution < -0.4 is 4.90 Å². The SMILES string of the molecule is CCC.CCCN(C)c1cc(CC)ccc1F. The Bertz CT molecular complexity index is 310. The lowest BCUT2D eigenvalue weighted by molar-refractivity contribution is 0.621. The maximum atomic E-state index is 13.4. The highest BCUT2D eigenvalue weighted by Crippen LogP contribution is 2.20. The average Bonchev–Trinajstić information content (AvgIpc) is 2.31. The van der Waals surface area contributed by atoms with Crippen LogP contribution in [-0.4, -0.2) is 13.6 Å². The molecule has 0 saturated carbocycles. The molecule has 98 valence electrons. The fraction of sp³-hybridized carbons (Fsp3) is 0.600. The Labute approximate surface area is 106 Å². The van der Waals surface area contributed by atoms with Crippen molar-refractivity contribution in [3.05, 3.63) is 29.6 Å². The zero-order chi connectivity index (χ0) is 13.3. The molecule has 1 nitrogen and oxygen atoms in total. The first kappa shape index (κ1) is 16.0.